The maximum Gasteiger partial charge on any atom is 0.397 e. The van der Waals surface area contributed by atoms with Crippen molar-refractivity contribution >= 4 is 10.4 Å². The molecular weight excluding hydrogens is 324 g/mol. The standard InChI is InChI=1S/C19H32O4S/c1-18-9-3-4-16(18)15-6-5-13-12-14(23-24(20,21)22)7-11-19(13,2)17(15)8-10-18/h13-17H,3-12H2,1-2H3,(H,20,21,22)/t13-,14+,15+,16-,17-,18+,19-/m0/s1. The van der Waals surface area contributed by atoms with Crippen molar-refractivity contribution in [2.75, 3.05) is 0 Å². The molecule has 4 aliphatic carbocycles. The predicted molar refractivity (Wildman–Crippen MR) is 92.8 cm³/mol. The summed E-state index contributed by atoms with van der Waals surface area (Å²) < 4.78 is 36.0. The van der Waals surface area contributed by atoms with Crippen LogP contribution in [-0.4, -0.2) is 19.1 Å². The normalized spacial score (nSPS) is 51.5. The van der Waals surface area contributed by atoms with Crippen LogP contribution in [0.25, 0.3) is 0 Å². The van der Waals surface area contributed by atoms with E-state index >= 15 is 0 Å². The Bertz CT molecular complexity index is 602. The van der Waals surface area contributed by atoms with Crippen molar-refractivity contribution in [3.63, 3.8) is 0 Å². The number of fused-ring (bicyclic) bond motifs is 5. The zero-order valence-electron chi connectivity index (χ0n) is 15.0. The van der Waals surface area contributed by atoms with Crippen LogP contribution in [0.3, 0.4) is 0 Å². The molecule has 0 heterocycles. The molecule has 0 aliphatic heterocycles. The Morgan fingerprint density at radius 1 is 0.958 bits per heavy atom. The number of hydrogen-bond donors (Lipinski definition) is 1. The van der Waals surface area contributed by atoms with Gasteiger partial charge < -0.3 is 0 Å². The lowest BCUT2D eigenvalue weighted by Gasteiger charge is -2.60. The Balaban J connectivity index is 1.52. The zero-order valence-corrected chi connectivity index (χ0v) is 15.9. The zero-order chi connectivity index (χ0) is 17.2. The molecule has 1 N–H and O–H groups in total. The van der Waals surface area contributed by atoms with Gasteiger partial charge in [0.05, 0.1) is 6.10 Å². The van der Waals surface area contributed by atoms with Gasteiger partial charge in [-0.25, -0.2) is 4.18 Å². The van der Waals surface area contributed by atoms with E-state index in [-0.39, 0.29) is 6.10 Å². The highest BCUT2D eigenvalue weighted by Crippen LogP contribution is 2.66. The molecule has 0 radical (unpaired) electrons. The van der Waals surface area contributed by atoms with Gasteiger partial charge in [0.25, 0.3) is 0 Å². The van der Waals surface area contributed by atoms with Crippen LogP contribution in [-0.2, 0) is 14.6 Å². The molecule has 0 aromatic heterocycles. The summed E-state index contributed by atoms with van der Waals surface area (Å²) in [5.74, 6) is 3.15. The smallest absolute Gasteiger partial charge is 0.264 e. The molecule has 4 fully saturated rings. The molecule has 0 aromatic rings. The molecule has 4 saturated carbocycles. The Morgan fingerprint density at radius 2 is 1.75 bits per heavy atom. The van der Waals surface area contributed by atoms with Gasteiger partial charge in [-0.05, 0) is 92.3 Å². The van der Waals surface area contributed by atoms with Crippen LogP contribution < -0.4 is 0 Å². The van der Waals surface area contributed by atoms with E-state index in [0.717, 1.165) is 37.0 Å². The molecule has 7 atom stereocenters. The highest BCUT2D eigenvalue weighted by Gasteiger charge is 2.58. The van der Waals surface area contributed by atoms with Crippen LogP contribution in [0.4, 0.5) is 0 Å². The summed E-state index contributed by atoms with van der Waals surface area (Å²) in [4.78, 5) is 0. The predicted octanol–water partition coefficient (Wildman–Crippen LogP) is 4.61. The summed E-state index contributed by atoms with van der Waals surface area (Å²) in [5, 5.41) is 0. The summed E-state index contributed by atoms with van der Waals surface area (Å²) in [7, 11) is -4.32. The summed E-state index contributed by atoms with van der Waals surface area (Å²) in [5.41, 5.74) is 0.932. The van der Waals surface area contributed by atoms with Crippen molar-refractivity contribution in [2.24, 2.45) is 34.5 Å². The number of rotatable bonds is 2. The molecule has 4 rings (SSSR count). The van der Waals surface area contributed by atoms with Gasteiger partial charge in [-0.1, -0.05) is 20.3 Å². The summed E-state index contributed by atoms with van der Waals surface area (Å²) in [6, 6.07) is 0. The first kappa shape index (κ1) is 17.3. The fourth-order valence-corrected chi connectivity index (χ4v) is 7.99. The van der Waals surface area contributed by atoms with Gasteiger partial charge in [0.15, 0.2) is 0 Å². The minimum atomic E-state index is -4.32. The second-order valence-corrected chi connectivity index (χ2v) is 10.7. The van der Waals surface area contributed by atoms with E-state index in [4.69, 9.17) is 8.74 Å². The summed E-state index contributed by atoms with van der Waals surface area (Å²) in [6.07, 6.45) is 11.8. The Hall–Kier alpha value is -0.130. The van der Waals surface area contributed by atoms with E-state index in [9.17, 15) is 8.42 Å². The fourth-order valence-electron chi connectivity index (χ4n) is 7.47. The van der Waals surface area contributed by atoms with E-state index in [2.05, 4.69) is 13.8 Å². The van der Waals surface area contributed by atoms with Gasteiger partial charge in [-0.15, -0.1) is 0 Å². The molecule has 0 spiro atoms. The van der Waals surface area contributed by atoms with Gasteiger partial charge in [-0.2, -0.15) is 8.42 Å². The van der Waals surface area contributed by atoms with Gasteiger partial charge in [0.2, 0.25) is 0 Å². The largest absolute Gasteiger partial charge is 0.397 e. The maximum atomic E-state index is 11.1. The second-order valence-electron chi connectivity index (χ2n) is 9.66. The molecule has 138 valence electrons. The maximum absolute atomic E-state index is 11.1. The lowest BCUT2D eigenvalue weighted by Crippen LogP contribution is -2.53. The lowest BCUT2D eigenvalue weighted by molar-refractivity contribution is -0.118. The third-order valence-corrected chi connectivity index (χ3v) is 9.17. The first-order valence-corrected chi connectivity index (χ1v) is 11.2. The van der Waals surface area contributed by atoms with Crippen molar-refractivity contribution in [1.29, 1.82) is 0 Å². The average molecular weight is 357 g/mol. The van der Waals surface area contributed by atoms with Crippen LogP contribution in [0.5, 0.6) is 0 Å². The minimum absolute atomic E-state index is 0.324. The highest BCUT2D eigenvalue weighted by atomic mass is 32.3. The van der Waals surface area contributed by atoms with Crippen LogP contribution in [0.2, 0.25) is 0 Å². The van der Waals surface area contributed by atoms with Gasteiger partial charge in [-0.3, -0.25) is 4.55 Å². The van der Waals surface area contributed by atoms with Crippen LogP contribution in [0.1, 0.15) is 78.1 Å². The van der Waals surface area contributed by atoms with E-state index < -0.39 is 10.4 Å². The van der Waals surface area contributed by atoms with E-state index in [1.54, 1.807) is 0 Å². The molecule has 0 amide bonds. The quantitative estimate of drug-likeness (QED) is 0.734. The fraction of sp³-hybridized carbons (Fsp3) is 1.00. The molecule has 0 aromatic carbocycles. The Kier molecular flexibility index (Phi) is 4.10. The van der Waals surface area contributed by atoms with Crippen molar-refractivity contribution in [3.8, 4) is 0 Å². The molecule has 24 heavy (non-hydrogen) atoms. The Morgan fingerprint density at radius 3 is 2.50 bits per heavy atom. The lowest BCUT2D eigenvalue weighted by atomic mass is 9.45. The van der Waals surface area contributed by atoms with Crippen LogP contribution >= 0.6 is 0 Å². The molecule has 0 saturated heterocycles. The molecular formula is C19H32O4S. The highest BCUT2D eigenvalue weighted by molar-refractivity contribution is 7.80. The van der Waals surface area contributed by atoms with Crippen molar-refractivity contribution in [3.05, 3.63) is 0 Å². The second kappa shape index (κ2) is 5.68. The van der Waals surface area contributed by atoms with Crippen molar-refractivity contribution in [2.45, 2.75) is 84.2 Å². The van der Waals surface area contributed by atoms with E-state index in [1.807, 2.05) is 0 Å². The number of hydrogen-bond acceptors (Lipinski definition) is 3. The SMILES string of the molecule is C[C@]12CCC[C@H]1[C@H]1CC[C@H]3C[C@H](OS(=O)(=O)O)CC[C@]3(C)[C@H]1CC2. The Labute approximate surface area is 146 Å². The van der Waals surface area contributed by atoms with Crippen LogP contribution in [0.15, 0.2) is 0 Å². The van der Waals surface area contributed by atoms with Gasteiger partial charge in [0, 0.05) is 0 Å². The summed E-state index contributed by atoms with van der Waals surface area (Å²) in [6.45, 7) is 5.00. The molecule has 4 aliphatic rings. The van der Waals surface area contributed by atoms with E-state index in [0.29, 0.717) is 16.7 Å². The summed E-state index contributed by atoms with van der Waals surface area (Å²) >= 11 is 0. The van der Waals surface area contributed by atoms with Crippen molar-refractivity contribution in [1.82, 2.24) is 0 Å². The van der Waals surface area contributed by atoms with Crippen molar-refractivity contribution < 1.29 is 17.2 Å². The molecule has 0 unspecified atom stereocenters. The molecule has 4 nitrogen and oxygen atoms in total. The third-order valence-electron chi connectivity index (χ3n) is 8.66. The van der Waals surface area contributed by atoms with E-state index in [1.165, 1.54) is 44.9 Å². The van der Waals surface area contributed by atoms with Gasteiger partial charge in [0.1, 0.15) is 0 Å². The topological polar surface area (TPSA) is 63.6 Å². The minimum Gasteiger partial charge on any atom is -0.264 e. The third kappa shape index (κ3) is 2.75. The first-order valence-electron chi connectivity index (χ1n) is 9.87. The average Bonchev–Trinajstić information content (AvgIpc) is 2.88. The molecule has 0 bridgehead atoms. The van der Waals surface area contributed by atoms with Gasteiger partial charge >= 0.3 is 10.4 Å². The van der Waals surface area contributed by atoms with Crippen LogP contribution in [0, 0.1) is 34.5 Å². The monoisotopic (exact) mass is 356 g/mol. The first-order chi connectivity index (χ1) is 11.2. The molecule has 5 heteroatoms.